The van der Waals surface area contributed by atoms with Gasteiger partial charge in [-0.2, -0.15) is 0 Å². The van der Waals surface area contributed by atoms with Crippen LogP contribution < -0.4 is 0 Å². The minimum Gasteiger partial charge on any atom is -0.231 e. The molecule has 21 heavy (non-hydrogen) atoms. The average molecular weight is 370 g/mol. The molecule has 0 unspecified atom stereocenters. The number of aromatic nitrogens is 2. The summed E-state index contributed by atoms with van der Waals surface area (Å²) in [4.78, 5) is 9.02. The van der Waals surface area contributed by atoms with Crippen LogP contribution >= 0.6 is 27.5 Å². The molecule has 1 saturated carbocycles. The molecule has 0 N–H and O–H groups in total. The van der Waals surface area contributed by atoms with Crippen molar-refractivity contribution in [2.75, 3.05) is 0 Å². The Morgan fingerprint density at radius 1 is 1.24 bits per heavy atom. The van der Waals surface area contributed by atoms with Gasteiger partial charge in [-0.25, -0.2) is 14.4 Å². The third-order valence-electron chi connectivity index (χ3n) is 3.99. The van der Waals surface area contributed by atoms with E-state index in [1.165, 1.54) is 18.9 Å². The molecule has 3 rings (SSSR count). The molecular formula is C16H15BrClFN2. The third-order valence-corrected chi connectivity index (χ3v) is 5.28. The van der Waals surface area contributed by atoms with Crippen LogP contribution in [0.2, 0.25) is 5.15 Å². The van der Waals surface area contributed by atoms with Crippen molar-refractivity contribution in [3.05, 3.63) is 44.9 Å². The molecule has 1 aliphatic carbocycles. The average Bonchev–Trinajstić information content (AvgIpc) is 2.98. The minimum atomic E-state index is -0.224. The van der Waals surface area contributed by atoms with E-state index < -0.39 is 0 Å². The van der Waals surface area contributed by atoms with Crippen molar-refractivity contribution in [1.29, 1.82) is 0 Å². The van der Waals surface area contributed by atoms with Crippen molar-refractivity contribution in [2.24, 2.45) is 0 Å². The van der Waals surface area contributed by atoms with E-state index in [0.29, 0.717) is 22.5 Å². The summed E-state index contributed by atoms with van der Waals surface area (Å²) in [6, 6.07) is 4.90. The summed E-state index contributed by atoms with van der Waals surface area (Å²) in [6.07, 6.45) is 4.72. The molecule has 0 spiro atoms. The number of nitrogens with zero attached hydrogens (tertiary/aromatic N) is 2. The summed E-state index contributed by atoms with van der Waals surface area (Å²) in [6.45, 7) is 1.73. The number of aryl methyl sites for hydroxylation is 1. The first kappa shape index (κ1) is 14.9. The molecule has 0 bridgehead atoms. The highest BCUT2D eigenvalue weighted by atomic mass is 79.9. The quantitative estimate of drug-likeness (QED) is 0.638. The Balaban J connectivity index is 2.08. The van der Waals surface area contributed by atoms with Crippen molar-refractivity contribution < 1.29 is 4.39 Å². The Hall–Kier alpha value is -1.00. The number of rotatable bonds is 2. The predicted molar refractivity (Wildman–Crippen MR) is 86.1 cm³/mol. The molecule has 1 aromatic carbocycles. The molecule has 110 valence electrons. The van der Waals surface area contributed by atoms with Gasteiger partial charge in [0, 0.05) is 11.5 Å². The Morgan fingerprint density at radius 2 is 1.95 bits per heavy atom. The predicted octanol–water partition coefficient (Wildman–Crippen LogP) is 5.66. The van der Waals surface area contributed by atoms with Crippen LogP contribution in [0.5, 0.6) is 0 Å². The summed E-state index contributed by atoms with van der Waals surface area (Å²) in [5.41, 5.74) is 2.35. The van der Waals surface area contributed by atoms with Gasteiger partial charge < -0.3 is 0 Å². The van der Waals surface area contributed by atoms with E-state index >= 15 is 0 Å². The van der Waals surface area contributed by atoms with E-state index in [-0.39, 0.29) is 5.82 Å². The van der Waals surface area contributed by atoms with Gasteiger partial charge in [0.2, 0.25) is 0 Å². The number of hydrogen-bond donors (Lipinski definition) is 0. The van der Waals surface area contributed by atoms with Crippen molar-refractivity contribution in [1.82, 2.24) is 9.97 Å². The Bertz CT molecular complexity index is 684. The second-order valence-electron chi connectivity index (χ2n) is 5.48. The van der Waals surface area contributed by atoms with Gasteiger partial charge in [0.05, 0.1) is 10.2 Å². The molecule has 0 saturated heterocycles. The fourth-order valence-electron chi connectivity index (χ4n) is 2.82. The smallest absolute Gasteiger partial charge is 0.161 e. The standard InChI is InChI=1S/C16H15BrClFN2/c1-9-8-11(6-7-12(9)19)16-20-14(10-4-2-3-5-10)13(17)15(18)21-16/h6-8,10H,2-5H2,1H3. The molecule has 1 fully saturated rings. The molecule has 2 aromatic rings. The van der Waals surface area contributed by atoms with Gasteiger partial charge in [0.1, 0.15) is 11.0 Å². The molecule has 0 aliphatic heterocycles. The Morgan fingerprint density at radius 3 is 2.62 bits per heavy atom. The van der Waals surface area contributed by atoms with Crippen LogP contribution in [0.3, 0.4) is 0 Å². The zero-order chi connectivity index (χ0) is 15.0. The van der Waals surface area contributed by atoms with Gasteiger partial charge in [-0.1, -0.05) is 24.4 Å². The van der Waals surface area contributed by atoms with E-state index in [2.05, 4.69) is 20.9 Å². The minimum absolute atomic E-state index is 0.224. The third kappa shape index (κ3) is 2.97. The van der Waals surface area contributed by atoms with Crippen molar-refractivity contribution in [3.8, 4) is 11.4 Å². The SMILES string of the molecule is Cc1cc(-c2nc(Cl)c(Br)c(C3CCCC3)n2)ccc1F. The first-order valence-electron chi connectivity index (χ1n) is 7.05. The van der Waals surface area contributed by atoms with Gasteiger partial charge >= 0.3 is 0 Å². The largest absolute Gasteiger partial charge is 0.231 e. The highest BCUT2D eigenvalue weighted by Gasteiger charge is 2.23. The highest BCUT2D eigenvalue weighted by Crippen LogP contribution is 2.39. The molecule has 5 heteroatoms. The lowest BCUT2D eigenvalue weighted by Crippen LogP contribution is -2.03. The summed E-state index contributed by atoms with van der Waals surface area (Å²) < 4.78 is 14.2. The second-order valence-corrected chi connectivity index (χ2v) is 6.63. The van der Waals surface area contributed by atoms with Crippen LogP contribution in [0, 0.1) is 12.7 Å². The first-order valence-corrected chi connectivity index (χ1v) is 8.23. The monoisotopic (exact) mass is 368 g/mol. The molecule has 2 nitrogen and oxygen atoms in total. The molecular weight excluding hydrogens is 355 g/mol. The fraction of sp³-hybridized carbons (Fsp3) is 0.375. The molecule has 0 amide bonds. The van der Waals surface area contributed by atoms with Crippen molar-refractivity contribution in [2.45, 2.75) is 38.5 Å². The van der Waals surface area contributed by atoms with Crippen LogP contribution in [-0.2, 0) is 0 Å². The van der Waals surface area contributed by atoms with Gasteiger partial charge in [0.25, 0.3) is 0 Å². The molecule has 0 atom stereocenters. The summed E-state index contributed by atoms with van der Waals surface area (Å²) in [7, 11) is 0. The molecule has 0 radical (unpaired) electrons. The maximum atomic E-state index is 13.4. The van der Waals surface area contributed by atoms with E-state index in [1.807, 2.05) is 0 Å². The van der Waals surface area contributed by atoms with Gasteiger partial charge in [-0.3, -0.25) is 0 Å². The normalized spacial score (nSPS) is 15.6. The Kier molecular flexibility index (Phi) is 4.27. The molecule has 1 aliphatic rings. The Labute approximate surface area is 136 Å². The van der Waals surface area contributed by atoms with E-state index in [9.17, 15) is 4.39 Å². The van der Waals surface area contributed by atoms with Crippen molar-refractivity contribution >= 4 is 27.5 Å². The lowest BCUT2D eigenvalue weighted by molar-refractivity contribution is 0.618. The van der Waals surface area contributed by atoms with Crippen LogP contribution in [-0.4, -0.2) is 9.97 Å². The van der Waals surface area contributed by atoms with Gasteiger partial charge in [0.15, 0.2) is 5.82 Å². The van der Waals surface area contributed by atoms with Gasteiger partial charge in [-0.05, 0) is 59.5 Å². The van der Waals surface area contributed by atoms with Crippen molar-refractivity contribution in [3.63, 3.8) is 0 Å². The number of hydrogen-bond acceptors (Lipinski definition) is 2. The van der Waals surface area contributed by atoms with E-state index in [0.717, 1.165) is 28.6 Å². The lowest BCUT2D eigenvalue weighted by atomic mass is 10.0. The second kappa shape index (κ2) is 6.01. The van der Waals surface area contributed by atoms with Crippen LogP contribution in [0.4, 0.5) is 4.39 Å². The van der Waals surface area contributed by atoms with Crippen LogP contribution in [0.1, 0.15) is 42.9 Å². The maximum Gasteiger partial charge on any atom is 0.161 e. The summed E-state index contributed by atoms with van der Waals surface area (Å²) in [5, 5.41) is 0.420. The first-order chi connectivity index (χ1) is 10.1. The summed E-state index contributed by atoms with van der Waals surface area (Å²) in [5.74, 6) is 0.770. The number of benzene rings is 1. The van der Waals surface area contributed by atoms with Crippen LogP contribution in [0.25, 0.3) is 11.4 Å². The number of halogens is 3. The molecule has 1 heterocycles. The van der Waals surface area contributed by atoms with Gasteiger partial charge in [-0.15, -0.1) is 0 Å². The van der Waals surface area contributed by atoms with Crippen LogP contribution in [0.15, 0.2) is 22.7 Å². The lowest BCUT2D eigenvalue weighted by Gasteiger charge is -2.13. The van der Waals surface area contributed by atoms with E-state index in [4.69, 9.17) is 16.6 Å². The molecule has 1 aromatic heterocycles. The highest BCUT2D eigenvalue weighted by molar-refractivity contribution is 9.10. The topological polar surface area (TPSA) is 25.8 Å². The maximum absolute atomic E-state index is 13.4. The fourth-order valence-corrected chi connectivity index (χ4v) is 3.50. The van der Waals surface area contributed by atoms with E-state index in [1.54, 1.807) is 19.1 Å². The zero-order valence-electron chi connectivity index (χ0n) is 11.7. The zero-order valence-corrected chi connectivity index (χ0v) is 14.0. The summed E-state index contributed by atoms with van der Waals surface area (Å²) >= 11 is 9.75.